The number of hydrogen-bond acceptors (Lipinski definition) is 6. The lowest BCUT2D eigenvalue weighted by Gasteiger charge is -2.09. The van der Waals surface area contributed by atoms with Gasteiger partial charge in [-0.05, 0) is 36.1 Å². The Morgan fingerprint density at radius 3 is 2.83 bits per heavy atom. The Kier molecular flexibility index (Phi) is 5.55. The summed E-state index contributed by atoms with van der Waals surface area (Å²) in [5.74, 6) is 0.382. The van der Waals surface area contributed by atoms with Crippen LogP contribution < -0.4 is 5.32 Å². The molecule has 0 aliphatic rings. The molecule has 1 atom stereocenters. The molecule has 124 valence electrons. The maximum atomic E-state index is 12.2. The molecule has 2 heterocycles. The lowest BCUT2D eigenvalue weighted by Crippen LogP contribution is -2.30. The molecule has 0 aliphatic heterocycles. The molecule has 5 nitrogen and oxygen atoms in total. The first-order valence-electron chi connectivity index (χ1n) is 7.18. The summed E-state index contributed by atoms with van der Waals surface area (Å²) in [7, 11) is 0. The van der Waals surface area contributed by atoms with Crippen LogP contribution in [0.3, 0.4) is 0 Å². The first kappa shape index (κ1) is 17.0. The highest BCUT2D eigenvalue weighted by atomic mass is 35.5. The number of nitrogens with zero attached hydrogens (tertiary/aromatic N) is 2. The van der Waals surface area contributed by atoms with Crippen molar-refractivity contribution in [3.8, 4) is 10.8 Å². The molecule has 1 unspecified atom stereocenters. The summed E-state index contributed by atoms with van der Waals surface area (Å²) in [5, 5.41) is 13.5. The first-order valence-corrected chi connectivity index (χ1v) is 9.32. The molecule has 1 N–H and O–H groups in total. The van der Waals surface area contributed by atoms with E-state index in [1.54, 1.807) is 19.1 Å². The van der Waals surface area contributed by atoms with Crippen molar-refractivity contribution in [2.45, 2.75) is 23.9 Å². The lowest BCUT2D eigenvalue weighted by molar-refractivity contribution is -0.120. The van der Waals surface area contributed by atoms with E-state index in [1.165, 1.54) is 23.1 Å². The Bertz CT molecular complexity index is 803. The van der Waals surface area contributed by atoms with E-state index in [1.807, 2.05) is 29.6 Å². The van der Waals surface area contributed by atoms with Gasteiger partial charge in [0.05, 0.1) is 10.1 Å². The van der Waals surface area contributed by atoms with Gasteiger partial charge in [-0.1, -0.05) is 41.6 Å². The van der Waals surface area contributed by atoms with Crippen LogP contribution in [0.15, 0.2) is 51.4 Å². The Labute approximate surface area is 152 Å². The number of hydrogen-bond donors (Lipinski definition) is 1. The first-order chi connectivity index (χ1) is 11.6. The summed E-state index contributed by atoms with van der Waals surface area (Å²) in [6, 6.07) is 11.2. The molecule has 1 aromatic carbocycles. The highest BCUT2D eigenvalue weighted by Crippen LogP contribution is 2.28. The second kappa shape index (κ2) is 7.83. The number of rotatable bonds is 6. The Hall–Kier alpha value is -1.83. The van der Waals surface area contributed by atoms with Crippen molar-refractivity contribution in [2.24, 2.45) is 0 Å². The smallest absolute Gasteiger partial charge is 0.277 e. The molecule has 0 aliphatic carbocycles. The predicted octanol–water partition coefficient (Wildman–Crippen LogP) is 4.25. The number of halogens is 1. The van der Waals surface area contributed by atoms with Crippen LogP contribution in [0.4, 0.5) is 0 Å². The van der Waals surface area contributed by atoms with E-state index in [0.717, 1.165) is 10.4 Å². The largest absolute Gasteiger partial charge is 0.410 e. The van der Waals surface area contributed by atoms with Gasteiger partial charge in [0.15, 0.2) is 0 Å². The van der Waals surface area contributed by atoms with Crippen molar-refractivity contribution in [3.05, 3.63) is 52.4 Å². The van der Waals surface area contributed by atoms with Crippen LogP contribution >= 0.6 is 34.7 Å². The molecule has 0 saturated heterocycles. The van der Waals surface area contributed by atoms with Gasteiger partial charge >= 0.3 is 0 Å². The monoisotopic (exact) mass is 379 g/mol. The van der Waals surface area contributed by atoms with Gasteiger partial charge in [-0.3, -0.25) is 4.79 Å². The second-order valence-corrected chi connectivity index (χ2v) is 7.63. The van der Waals surface area contributed by atoms with Gasteiger partial charge in [-0.2, -0.15) is 0 Å². The van der Waals surface area contributed by atoms with Crippen LogP contribution in [0.2, 0.25) is 5.02 Å². The van der Waals surface area contributed by atoms with Crippen molar-refractivity contribution in [2.75, 3.05) is 0 Å². The van der Waals surface area contributed by atoms with E-state index in [-0.39, 0.29) is 11.2 Å². The fraction of sp³-hybridized carbons (Fsp3) is 0.188. The second-order valence-electron chi connectivity index (χ2n) is 4.95. The number of thioether (sulfide) groups is 1. The molecule has 8 heteroatoms. The van der Waals surface area contributed by atoms with Gasteiger partial charge in [-0.15, -0.1) is 21.5 Å². The number of nitrogens with one attached hydrogen (secondary N) is 1. The van der Waals surface area contributed by atoms with Crippen LogP contribution in [0, 0.1) is 0 Å². The minimum atomic E-state index is -0.339. The molecule has 0 radical (unpaired) electrons. The molecule has 0 spiro atoms. The number of carbonyl (C=O) groups excluding carboxylic acids is 1. The van der Waals surface area contributed by atoms with Gasteiger partial charge in [0.25, 0.3) is 11.1 Å². The van der Waals surface area contributed by atoms with Gasteiger partial charge in [0.2, 0.25) is 5.91 Å². The van der Waals surface area contributed by atoms with Crippen LogP contribution in [-0.4, -0.2) is 21.4 Å². The number of amides is 1. The van der Waals surface area contributed by atoms with Crippen LogP contribution in [0.25, 0.3) is 10.8 Å². The average Bonchev–Trinajstić information content (AvgIpc) is 3.25. The van der Waals surface area contributed by atoms with Gasteiger partial charge in [0.1, 0.15) is 0 Å². The van der Waals surface area contributed by atoms with Crippen LogP contribution in [0.1, 0.15) is 12.5 Å². The van der Waals surface area contributed by atoms with E-state index in [9.17, 15) is 4.79 Å². The molecule has 0 bridgehead atoms. The van der Waals surface area contributed by atoms with E-state index < -0.39 is 0 Å². The Morgan fingerprint density at radius 1 is 1.33 bits per heavy atom. The quantitative estimate of drug-likeness (QED) is 0.648. The van der Waals surface area contributed by atoms with Crippen LogP contribution in [0.5, 0.6) is 0 Å². The van der Waals surface area contributed by atoms with Crippen molar-refractivity contribution in [1.82, 2.24) is 15.5 Å². The molecular formula is C16H14ClN3O2S2. The van der Waals surface area contributed by atoms with E-state index in [4.69, 9.17) is 16.0 Å². The maximum Gasteiger partial charge on any atom is 0.277 e. The number of thiophene rings is 1. The zero-order chi connectivity index (χ0) is 16.9. The lowest BCUT2D eigenvalue weighted by atomic mass is 10.2. The van der Waals surface area contributed by atoms with Crippen molar-refractivity contribution < 1.29 is 9.21 Å². The minimum absolute atomic E-state index is 0.0918. The fourth-order valence-electron chi connectivity index (χ4n) is 1.90. The number of aromatic nitrogens is 2. The third-order valence-corrected chi connectivity index (χ3v) is 5.21. The molecular weight excluding hydrogens is 366 g/mol. The maximum absolute atomic E-state index is 12.2. The van der Waals surface area contributed by atoms with E-state index in [2.05, 4.69) is 15.5 Å². The Morgan fingerprint density at radius 2 is 2.12 bits per heavy atom. The third-order valence-electron chi connectivity index (χ3n) is 3.17. The summed E-state index contributed by atoms with van der Waals surface area (Å²) in [5.41, 5.74) is 0.989. The summed E-state index contributed by atoms with van der Waals surface area (Å²) < 4.78 is 5.58. The molecule has 2 aromatic heterocycles. The molecule has 24 heavy (non-hydrogen) atoms. The highest BCUT2D eigenvalue weighted by Gasteiger charge is 2.18. The predicted molar refractivity (Wildman–Crippen MR) is 96.2 cm³/mol. The molecule has 3 aromatic rings. The fourth-order valence-corrected chi connectivity index (χ4v) is 3.38. The van der Waals surface area contributed by atoms with Gasteiger partial charge < -0.3 is 9.73 Å². The summed E-state index contributed by atoms with van der Waals surface area (Å²) >= 11 is 8.61. The number of benzene rings is 1. The van der Waals surface area contributed by atoms with Crippen molar-refractivity contribution in [1.29, 1.82) is 0 Å². The zero-order valence-electron chi connectivity index (χ0n) is 12.7. The average molecular weight is 380 g/mol. The third kappa shape index (κ3) is 4.37. The van der Waals surface area contributed by atoms with Crippen molar-refractivity contribution in [3.63, 3.8) is 0 Å². The normalized spacial score (nSPS) is 12.1. The van der Waals surface area contributed by atoms with Gasteiger partial charge in [0, 0.05) is 11.6 Å². The Balaban J connectivity index is 1.53. The molecule has 0 saturated carbocycles. The summed E-state index contributed by atoms with van der Waals surface area (Å²) in [6.07, 6.45) is 0. The minimum Gasteiger partial charge on any atom is -0.410 e. The van der Waals surface area contributed by atoms with Crippen LogP contribution in [-0.2, 0) is 11.3 Å². The highest BCUT2D eigenvalue weighted by molar-refractivity contribution is 8.00. The van der Waals surface area contributed by atoms with Crippen molar-refractivity contribution >= 4 is 40.6 Å². The van der Waals surface area contributed by atoms with Gasteiger partial charge in [-0.25, -0.2) is 0 Å². The molecule has 1 amide bonds. The standard InChI is InChI=1S/C16H14ClN3O2S2/c1-10(14(21)18-9-11-4-6-12(17)7-5-11)24-16-20-19-15(22-16)13-3-2-8-23-13/h2-8,10H,9H2,1H3,(H,18,21). The molecule has 3 rings (SSSR count). The zero-order valence-corrected chi connectivity index (χ0v) is 15.1. The van der Waals surface area contributed by atoms with E-state index >= 15 is 0 Å². The number of carbonyl (C=O) groups is 1. The molecule has 0 fully saturated rings. The summed E-state index contributed by atoms with van der Waals surface area (Å²) in [6.45, 7) is 2.25. The SMILES string of the molecule is CC(Sc1nnc(-c2cccs2)o1)C(=O)NCc1ccc(Cl)cc1. The topological polar surface area (TPSA) is 68.0 Å². The van der Waals surface area contributed by atoms with E-state index in [0.29, 0.717) is 22.7 Å². The summed E-state index contributed by atoms with van der Waals surface area (Å²) in [4.78, 5) is 13.1.